The van der Waals surface area contributed by atoms with Gasteiger partial charge in [0, 0.05) is 7.05 Å². The van der Waals surface area contributed by atoms with Crippen LogP contribution < -0.4 is 10.1 Å². The molecular formula is C20H26F3N5O3. The summed E-state index contributed by atoms with van der Waals surface area (Å²) in [6.45, 7) is 1.09. The normalized spacial score (nSPS) is 15.0. The maximum Gasteiger partial charge on any atom is 0.407 e. The van der Waals surface area contributed by atoms with Crippen molar-refractivity contribution in [2.75, 3.05) is 6.61 Å². The summed E-state index contributed by atoms with van der Waals surface area (Å²) in [4.78, 5) is 16.3. The van der Waals surface area contributed by atoms with Crippen LogP contribution in [0.1, 0.15) is 49.9 Å². The number of alkyl carbamates (subject to hydrolysis) is 1. The molecule has 2 heterocycles. The SMILES string of the molecule is Cc1nc(-c2nnn(C)c2CNC(=O)OCCC(F)(F)F)ccc1OC1CCCCC1. The molecule has 1 amide bonds. The van der Waals surface area contributed by atoms with Crippen LogP contribution in [-0.4, -0.2) is 45.0 Å². The number of nitrogens with one attached hydrogen (secondary N) is 1. The molecule has 1 aliphatic carbocycles. The number of rotatable bonds is 7. The van der Waals surface area contributed by atoms with Gasteiger partial charge in [-0.05, 0) is 44.7 Å². The molecule has 31 heavy (non-hydrogen) atoms. The van der Waals surface area contributed by atoms with Crippen molar-refractivity contribution in [3.8, 4) is 17.1 Å². The van der Waals surface area contributed by atoms with Crippen LogP contribution in [0, 0.1) is 6.92 Å². The van der Waals surface area contributed by atoms with Gasteiger partial charge >= 0.3 is 12.3 Å². The van der Waals surface area contributed by atoms with Crippen LogP contribution in [0.3, 0.4) is 0 Å². The average Bonchev–Trinajstić information content (AvgIpc) is 3.08. The Kier molecular flexibility index (Phi) is 7.34. The summed E-state index contributed by atoms with van der Waals surface area (Å²) in [6, 6.07) is 3.63. The molecule has 11 heteroatoms. The molecule has 170 valence electrons. The van der Waals surface area contributed by atoms with Crippen LogP contribution in [0.5, 0.6) is 5.75 Å². The highest BCUT2D eigenvalue weighted by Gasteiger charge is 2.27. The number of halogens is 3. The molecule has 3 rings (SSSR count). The molecule has 0 unspecified atom stereocenters. The molecule has 1 N–H and O–H groups in total. The highest BCUT2D eigenvalue weighted by molar-refractivity contribution is 5.67. The van der Waals surface area contributed by atoms with Gasteiger partial charge in [0.05, 0.1) is 36.2 Å². The Morgan fingerprint density at radius 2 is 2.00 bits per heavy atom. The summed E-state index contributed by atoms with van der Waals surface area (Å²) in [5.74, 6) is 0.729. The van der Waals surface area contributed by atoms with E-state index in [0.717, 1.165) is 24.3 Å². The van der Waals surface area contributed by atoms with Crippen LogP contribution in [-0.2, 0) is 18.3 Å². The molecule has 1 aliphatic rings. The second-order valence-corrected chi connectivity index (χ2v) is 7.52. The Bertz CT molecular complexity index is 895. The molecule has 0 spiro atoms. The third kappa shape index (κ3) is 6.56. The van der Waals surface area contributed by atoms with Gasteiger partial charge in [0.25, 0.3) is 0 Å². The maximum atomic E-state index is 12.2. The minimum atomic E-state index is -4.38. The molecule has 0 bridgehead atoms. The zero-order valence-electron chi connectivity index (χ0n) is 17.5. The summed E-state index contributed by atoms with van der Waals surface area (Å²) >= 11 is 0. The van der Waals surface area contributed by atoms with E-state index < -0.39 is 25.3 Å². The summed E-state index contributed by atoms with van der Waals surface area (Å²) in [5, 5.41) is 10.5. The van der Waals surface area contributed by atoms with Gasteiger partial charge in [-0.15, -0.1) is 5.10 Å². The number of hydrogen-bond donors (Lipinski definition) is 1. The standard InChI is InChI=1S/C20H26F3N5O3/c1-13-17(31-14-6-4-3-5-7-14)9-8-15(25-13)18-16(28(2)27-26-18)12-24-19(29)30-11-10-20(21,22)23/h8-9,14H,3-7,10-12H2,1-2H3,(H,24,29). The molecular weight excluding hydrogens is 415 g/mol. The quantitative estimate of drug-likeness (QED) is 0.696. The molecule has 0 saturated heterocycles. The number of nitrogens with zero attached hydrogens (tertiary/aromatic N) is 4. The maximum absolute atomic E-state index is 12.2. The van der Waals surface area contributed by atoms with E-state index in [1.807, 2.05) is 13.0 Å². The van der Waals surface area contributed by atoms with Gasteiger partial charge in [0.1, 0.15) is 18.1 Å². The topological polar surface area (TPSA) is 91.2 Å². The summed E-state index contributed by atoms with van der Waals surface area (Å²) < 4.78 is 48.6. The van der Waals surface area contributed by atoms with E-state index in [1.54, 1.807) is 13.1 Å². The summed E-state index contributed by atoms with van der Waals surface area (Å²) in [5.41, 5.74) is 2.29. The highest BCUT2D eigenvalue weighted by atomic mass is 19.4. The van der Waals surface area contributed by atoms with Gasteiger partial charge in [0.2, 0.25) is 0 Å². The first-order valence-corrected chi connectivity index (χ1v) is 10.2. The van der Waals surface area contributed by atoms with Crippen molar-refractivity contribution < 1.29 is 27.4 Å². The monoisotopic (exact) mass is 441 g/mol. The van der Waals surface area contributed by atoms with E-state index in [2.05, 4.69) is 25.3 Å². The molecule has 2 aromatic heterocycles. The lowest BCUT2D eigenvalue weighted by atomic mass is 9.98. The third-order valence-corrected chi connectivity index (χ3v) is 5.09. The smallest absolute Gasteiger partial charge is 0.407 e. The van der Waals surface area contributed by atoms with Gasteiger partial charge in [0.15, 0.2) is 0 Å². The van der Waals surface area contributed by atoms with E-state index in [4.69, 9.17) is 4.74 Å². The fourth-order valence-electron chi connectivity index (χ4n) is 3.41. The molecule has 2 aromatic rings. The zero-order chi connectivity index (χ0) is 22.4. The fourth-order valence-corrected chi connectivity index (χ4v) is 3.41. The Morgan fingerprint density at radius 3 is 2.68 bits per heavy atom. The van der Waals surface area contributed by atoms with Gasteiger partial charge in [-0.3, -0.25) is 0 Å². The van der Waals surface area contributed by atoms with E-state index in [1.165, 1.54) is 23.9 Å². The third-order valence-electron chi connectivity index (χ3n) is 5.09. The Hall–Kier alpha value is -2.85. The predicted molar refractivity (Wildman–Crippen MR) is 105 cm³/mol. The van der Waals surface area contributed by atoms with Gasteiger partial charge in [-0.2, -0.15) is 13.2 Å². The molecule has 0 atom stereocenters. The number of ether oxygens (including phenoxy) is 2. The van der Waals surface area contributed by atoms with Gasteiger partial charge in [-0.1, -0.05) is 11.6 Å². The Morgan fingerprint density at radius 1 is 1.26 bits per heavy atom. The van der Waals surface area contributed by atoms with Crippen molar-refractivity contribution >= 4 is 6.09 Å². The average molecular weight is 441 g/mol. The van der Waals surface area contributed by atoms with Crippen molar-refractivity contribution in [2.45, 2.75) is 64.3 Å². The van der Waals surface area contributed by atoms with Crippen LogP contribution in [0.4, 0.5) is 18.0 Å². The molecule has 0 aliphatic heterocycles. The number of carbonyl (C=O) groups is 1. The van der Waals surface area contributed by atoms with Gasteiger partial charge < -0.3 is 14.8 Å². The highest BCUT2D eigenvalue weighted by Crippen LogP contribution is 2.28. The first-order chi connectivity index (χ1) is 14.7. The number of pyridine rings is 1. The van der Waals surface area contributed by atoms with Crippen molar-refractivity contribution in [2.24, 2.45) is 7.05 Å². The number of carbonyl (C=O) groups excluding carboxylic acids is 1. The second-order valence-electron chi connectivity index (χ2n) is 7.52. The largest absolute Gasteiger partial charge is 0.489 e. The number of aryl methyl sites for hydroxylation is 2. The van der Waals surface area contributed by atoms with Crippen molar-refractivity contribution in [3.63, 3.8) is 0 Å². The fraction of sp³-hybridized carbons (Fsp3) is 0.600. The van der Waals surface area contributed by atoms with E-state index in [-0.39, 0.29) is 12.6 Å². The van der Waals surface area contributed by atoms with Crippen LogP contribution in [0.25, 0.3) is 11.4 Å². The van der Waals surface area contributed by atoms with Crippen molar-refractivity contribution in [1.82, 2.24) is 25.3 Å². The van der Waals surface area contributed by atoms with E-state index in [0.29, 0.717) is 17.1 Å². The first-order valence-electron chi connectivity index (χ1n) is 10.2. The molecule has 1 saturated carbocycles. The van der Waals surface area contributed by atoms with E-state index >= 15 is 0 Å². The number of hydrogen-bond acceptors (Lipinski definition) is 6. The number of aromatic nitrogens is 4. The molecule has 0 aromatic carbocycles. The lowest BCUT2D eigenvalue weighted by Crippen LogP contribution is -2.26. The van der Waals surface area contributed by atoms with Gasteiger partial charge in [-0.25, -0.2) is 14.5 Å². The summed E-state index contributed by atoms with van der Waals surface area (Å²) in [6.07, 6.45) is -0.645. The second kappa shape index (κ2) is 9.97. The zero-order valence-corrected chi connectivity index (χ0v) is 17.5. The lowest BCUT2D eigenvalue weighted by Gasteiger charge is -2.23. The molecule has 8 nitrogen and oxygen atoms in total. The Balaban J connectivity index is 1.63. The lowest BCUT2D eigenvalue weighted by molar-refractivity contribution is -0.141. The van der Waals surface area contributed by atoms with Crippen LogP contribution in [0.2, 0.25) is 0 Å². The minimum Gasteiger partial charge on any atom is -0.489 e. The van der Waals surface area contributed by atoms with Crippen LogP contribution >= 0.6 is 0 Å². The molecule has 0 radical (unpaired) electrons. The number of amides is 1. The van der Waals surface area contributed by atoms with Crippen molar-refractivity contribution in [1.29, 1.82) is 0 Å². The van der Waals surface area contributed by atoms with E-state index in [9.17, 15) is 18.0 Å². The van der Waals surface area contributed by atoms with Crippen LogP contribution in [0.15, 0.2) is 12.1 Å². The number of alkyl halides is 3. The molecule has 1 fully saturated rings. The minimum absolute atomic E-state index is 0.0231. The Labute approximate surface area is 178 Å². The summed E-state index contributed by atoms with van der Waals surface area (Å²) in [7, 11) is 1.65. The first kappa shape index (κ1) is 22.8. The predicted octanol–water partition coefficient (Wildman–Crippen LogP) is 4.08. The van der Waals surface area contributed by atoms with Crippen molar-refractivity contribution in [3.05, 3.63) is 23.5 Å².